The molecule has 1 N–H and O–H groups in total. The van der Waals surface area contributed by atoms with Crippen molar-refractivity contribution in [3.8, 4) is 5.75 Å². The summed E-state index contributed by atoms with van der Waals surface area (Å²) < 4.78 is 11.1. The van der Waals surface area contributed by atoms with Gasteiger partial charge in [-0.15, -0.1) is 0 Å². The number of halogens is 1. The number of methoxy groups -OCH3 is 1. The molecule has 0 saturated carbocycles. The molecule has 3 nitrogen and oxygen atoms in total. The number of nitrogens with one attached hydrogen (secondary N) is 1. The van der Waals surface area contributed by atoms with Gasteiger partial charge in [-0.1, -0.05) is 24.6 Å². The second-order valence-electron chi connectivity index (χ2n) is 5.27. The Morgan fingerprint density at radius 3 is 3.00 bits per heavy atom. The predicted molar refractivity (Wildman–Crippen MR) is 82.6 cm³/mol. The standard InChI is InChI=1S/C16H24ClNO2/c1-3-8-18-15(11-13-5-4-9-20-13)12-6-7-14(17)16(10-12)19-2/h6-7,10,13,15,18H,3-5,8-9,11H2,1-2H3. The zero-order valence-electron chi connectivity index (χ0n) is 12.3. The zero-order valence-corrected chi connectivity index (χ0v) is 13.1. The van der Waals surface area contributed by atoms with E-state index in [4.69, 9.17) is 21.1 Å². The lowest BCUT2D eigenvalue weighted by molar-refractivity contribution is 0.0945. The Morgan fingerprint density at radius 1 is 1.50 bits per heavy atom. The molecule has 1 aliphatic rings. The van der Waals surface area contributed by atoms with Crippen LogP contribution in [0.25, 0.3) is 0 Å². The van der Waals surface area contributed by atoms with E-state index in [-0.39, 0.29) is 0 Å². The van der Waals surface area contributed by atoms with Crippen molar-refractivity contribution in [3.63, 3.8) is 0 Å². The highest BCUT2D eigenvalue weighted by atomic mass is 35.5. The summed E-state index contributed by atoms with van der Waals surface area (Å²) in [7, 11) is 1.65. The molecule has 1 saturated heterocycles. The molecule has 2 atom stereocenters. The lowest BCUT2D eigenvalue weighted by Crippen LogP contribution is -2.26. The summed E-state index contributed by atoms with van der Waals surface area (Å²) in [5, 5.41) is 4.26. The van der Waals surface area contributed by atoms with Crippen LogP contribution in [0.2, 0.25) is 5.02 Å². The summed E-state index contributed by atoms with van der Waals surface area (Å²) in [5.74, 6) is 0.736. The van der Waals surface area contributed by atoms with Crippen LogP contribution in [0.4, 0.5) is 0 Å². The van der Waals surface area contributed by atoms with E-state index in [1.54, 1.807) is 7.11 Å². The Bertz CT molecular complexity index is 419. The lowest BCUT2D eigenvalue weighted by atomic mass is 9.99. The Labute approximate surface area is 126 Å². The summed E-state index contributed by atoms with van der Waals surface area (Å²) in [6.45, 7) is 4.08. The molecule has 0 amide bonds. The first-order valence-electron chi connectivity index (χ1n) is 7.43. The topological polar surface area (TPSA) is 30.5 Å². The summed E-state index contributed by atoms with van der Waals surface area (Å²) in [4.78, 5) is 0. The van der Waals surface area contributed by atoms with E-state index in [9.17, 15) is 0 Å². The molecule has 4 heteroatoms. The van der Waals surface area contributed by atoms with Gasteiger partial charge >= 0.3 is 0 Å². The summed E-state index contributed by atoms with van der Waals surface area (Å²) >= 11 is 6.11. The predicted octanol–water partition coefficient (Wildman–Crippen LogP) is 3.96. The van der Waals surface area contributed by atoms with Crippen LogP contribution in [-0.2, 0) is 4.74 Å². The SMILES string of the molecule is CCCNC(CC1CCCO1)c1ccc(Cl)c(OC)c1. The van der Waals surface area contributed by atoms with E-state index in [2.05, 4.69) is 18.3 Å². The van der Waals surface area contributed by atoms with E-state index in [1.807, 2.05) is 12.1 Å². The van der Waals surface area contributed by atoms with Gasteiger partial charge in [0.15, 0.2) is 0 Å². The third-order valence-corrected chi connectivity index (χ3v) is 4.05. The second-order valence-corrected chi connectivity index (χ2v) is 5.68. The van der Waals surface area contributed by atoms with Crippen molar-refractivity contribution in [1.82, 2.24) is 5.32 Å². The fourth-order valence-electron chi connectivity index (χ4n) is 2.64. The Balaban J connectivity index is 2.11. The molecule has 2 rings (SSSR count). The van der Waals surface area contributed by atoms with Gasteiger partial charge in [-0.2, -0.15) is 0 Å². The lowest BCUT2D eigenvalue weighted by Gasteiger charge is -2.22. The van der Waals surface area contributed by atoms with Crippen LogP contribution in [0.1, 0.15) is 44.2 Å². The second kappa shape index (κ2) is 7.87. The minimum absolute atomic E-state index is 0.296. The van der Waals surface area contributed by atoms with Crippen molar-refractivity contribution in [2.45, 2.75) is 44.8 Å². The minimum atomic E-state index is 0.296. The van der Waals surface area contributed by atoms with Gasteiger partial charge in [-0.05, 0) is 49.9 Å². The number of hydrogen-bond donors (Lipinski definition) is 1. The molecule has 1 aliphatic heterocycles. The molecule has 1 fully saturated rings. The zero-order chi connectivity index (χ0) is 14.4. The fourth-order valence-corrected chi connectivity index (χ4v) is 2.84. The summed E-state index contributed by atoms with van der Waals surface area (Å²) in [6, 6.07) is 6.31. The maximum Gasteiger partial charge on any atom is 0.137 e. The number of benzene rings is 1. The van der Waals surface area contributed by atoms with Gasteiger partial charge in [-0.3, -0.25) is 0 Å². The smallest absolute Gasteiger partial charge is 0.137 e. The van der Waals surface area contributed by atoms with Crippen molar-refractivity contribution in [1.29, 1.82) is 0 Å². The summed E-state index contributed by atoms with van der Waals surface area (Å²) in [5.41, 5.74) is 1.22. The van der Waals surface area contributed by atoms with Crippen LogP contribution in [0.3, 0.4) is 0 Å². The van der Waals surface area contributed by atoms with Crippen molar-refractivity contribution in [2.75, 3.05) is 20.3 Å². The van der Waals surface area contributed by atoms with Crippen molar-refractivity contribution >= 4 is 11.6 Å². The van der Waals surface area contributed by atoms with E-state index in [0.29, 0.717) is 17.2 Å². The molecule has 0 spiro atoms. The quantitative estimate of drug-likeness (QED) is 0.826. The maximum absolute atomic E-state index is 6.11. The van der Waals surface area contributed by atoms with Crippen LogP contribution in [0, 0.1) is 0 Å². The van der Waals surface area contributed by atoms with Crippen molar-refractivity contribution in [3.05, 3.63) is 28.8 Å². The van der Waals surface area contributed by atoms with E-state index in [0.717, 1.165) is 38.2 Å². The van der Waals surface area contributed by atoms with E-state index in [1.165, 1.54) is 12.0 Å². The first-order valence-corrected chi connectivity index (χ1v) is 7.80. The van der Waals surface area contributed by atoms with E-state index < -0.39 is 0 Å². The van der Waals surface area contributed by atoms with Crippen LogP contribution >= 0.6 is 11.6 Å². The Kier molecular flexibility index (Phi) is 6.14. The molecule has 0 radical (unpaired) electrons. The van der Waals surface area contributed by atoms with Gasteiger partial charge in [0.2, 0.25) is 0 Å². The number of rotatable bonds is 7. The van der Waals surface area contributed by atoms with Crippen LogP contribution < -0.4 is 10.1 Å². The normalized spacial score (nSPS) is 20.1. The largest absolute Gasteiger partial charge is 0.495 e. The van der Waals surface area contributed by atoms with Crippen LogP contribution in [0.15, 0.2) is 18.2 Å². The first-order chi connectivity index (χ1) is 9.74. The molecule has 20 heavy (non-hydrogen) atoms. The Hall–Kier alpha value is -0.770. The van der Waals surface area contributed by atoms with Gasteiger partial charge in [0.1, 0.15) is 5.75 Å². The molecule has 1 aromatic carbocycles. The third-order valence-electron chi connectivity index (χ3n) is 3.74. The monoisotopic (exact) mass is 297 g/mol. The molecule has 0 aromatic heterocycles. The fraction of sp³-hybridized carbons (Fsp3) is 0.625. The molecule has 2 unspecified atom stereocenters. The van der Waals surface area contributed by atoms with E-state index >= 15 is 0 Å². The number of hydrogen-bond acceptors (Lipinski definition) is 3. The Morgan fingerprint density at radius 2 is 2.35 bits per heavy atom. The van der Waals surface area contributed by atoms with Crippen molar-refractivity contribution < 1.29 is 9.47 Å². The molecule has 0 aliphatic carbocycles. The average Bonchev–Trinajstić information content (AvgIpc) is 2.97. The molecular weight excluding hydrogens is 274 g/mol. The highest BCUT2D eigenvalue weighted by Gasteiger charge is 2.22. The molecule has 0 bridgehead atoms. The highest BCUT2D eigenvalue weighted by Crippen LogP contribution is 2.31. The molecular formula is C16H24ClNO2. The minimum Gasteiger partial charge on any atom is -0.495 e. The highest BCUT2D eigenvalue weighted by molar-refractivity contribution is 6.32. The molecule has 112 valence electrons. The third kappa shape index (κ3) is 4.11. The van der Waals surface area contributed by atoms with Gasteiger partial charge in [-0.25, -0.2) is 0 Å². The molecule has 1 aromatic rings. The van der Waals surface area contributed by atoms with Crippen LogP contribution in [-0.4, -0.2) is 26.4 Å². The van der Waals surface area contributed by atoms with Gasteiger partial charge in [0.05, 0.1) is 18.2 Å². The molecule has 1 heterocycles. The maximum atomic E-state index is 6.11. The van der Waals surface area contributed by atoms with Crippen LogP contribution in [0.5, 0.6) is 5.75 Å². The number of ether oxygens (including phenoxy) is 2. The average molecular weight is 298 g/mol. The van der Waals surface area contributed by atoms with Gasteiger partial charge in [0, 0.05) is 12.6 Å². The summed E-state index contributed by atoms with van der Waals surface area (Å²) in [6.07, 6.45) is 4.83. The van der Waals surface area contributed by atoms with Crippen molar-refractivity contribution in [2.24, 2.45) is 0 Å². The van der Waals surface area contributed by atoms with Gasteiger partial charge < -0.3 is 14.8 Å². The first kappa shape index (κ1) is 15.6. The van der Waals surface area contributed by atoms with Gasteiger partial charge in [0.25, 0.3) is 0 Å².